The molecule has 1 aromatic carbocycles. The van der Waals surface area contributed by atoms with Gasteiger partial charge in [-0.2, -0.15) is 0 Å². The summed E-state index contributed by atoms with van der Waals surface area (Å²) in [4.78, 5) is 11.1. The molecule has 0 aliphatic carbocycles. The minimum atomic E-state index is -2.96. The van der Waals surface area contributed by atoms with Crippen molar-refractivity contribution in [1.29, 1.82) is 0 Å². The SMILES string of the molecule is COc1ccc(C(C)(F)F)cc1CC(C)(C)C(=O)O. The van der Waals surface area contributed by atoms with Gasteiger partial charge in [0, 0.05) is 12.5 Å². The molecule has 5 heteroatoms. The van der Waals surface area contributed by atoms with Crippen LogP contribution in [0.1, 0.15) is 31.9 Å². The summed E-state index contributed by atoms with van der Waals surface area (Å²) in [7, 11) is 1.43. The van der Waals surface area contributed by atoms with Gasteiger partial charge >= 0.3 is 5.97 Å². The normalized spacial score (nSPS) is 12.3. The Morgan fingerprint density at radius 3 is 2.32 bits per heavy atom. The molecule has 0 unspecified atom stereocenters. The summed E-state index contributed by atoms with van der Waals surface area (Å²) in [5.74, 6) is -3.53. The van der Waals surface area contributed by atoms with Gasteiger partial charge in [0.2, 0.25) is 0 Å². The minimum absolute atomic E-state index is 0.120. The zero-order valence-electron chi connectivity index (χ0n) is 11.5. The van der Waals surface area contributed by atoms with E-state index < -0.39 is 17.3 Å². The average Bonchev–Trinajstić information content (AvgIpc) is 2.27. The van der Waals surface area contributed by atoms with E-state index in [0.29, 0.717) is 11.3 Å². The van der Waals surface area contributed by atoms with Crippen molar-refractivity contribution < 1.29 is 23.4 Å². The molecule has 0 bridgehead atoms. The topological polar surface area (TPSA) is 46.5 Å². The summed E-state index contributed by atoms with van der Waals surface area (Å²) in [6.45, 7) is 3.90. The first kappa shape index (κ1) is 15.4. The third-order valence-corrected chi connectivity index (χ3v) is 3.00. The van der Waals surface area contributed by atoms with Gasteiger partial charge in [-0.15, -0.1) is 0 Å². The maximum Gasteiger partial charge on any atom is 0.309 e. The number of alkyl halides is 2. The van der Waals surface area contributed by atoms with Crippen LogP contribution in [0.25, 0.3) is 0 Å². The highest BCUT2D eigenvalue weighted by Crippen LogP contribution is 2.34. The lowest BCUT2D eigenvalue weighted by Gasteiger charge is -2.22. The van der Waals surface area contributed by atoms with E-state index in [1.54, 1.807) is 13.8 Å². The van der Waals surface area contributed by atoms with E-state index >= 15 is 0 Å². The second kappa shape index (κ2) is 5.15. The van der Waals surface area contributed by atoms with Crippen molar-refractivity contribution in [2.45, 2.75) is 33.1 Å². The summed E-state index contributed by atoms with van der Waals surface area (Å²) in [6.07, 6.45) is 0.120. The van der Waals surface area contributed by atoms with E-state index in [1.165, 1.54) is 25.3 Å². The Bertz CT molecular complexity index is 476. The molecule has 3 nitrogen and oxygen atoms in total. The second-order valence-electron chi connectivity index (χ2n) is 5.28. The average molecular weight is 272 g/mol. The lowest BCUT2D eigenvalue weighted by Crippen LogP contribution is -2.26. The monoisotopic (exact) mass is 272 g/mol. The number of halogens is 2. The lowest BCUT2D eigenvalue weighted by molar-refractivity contribution is -0.146. The van der Waals surface area contributed by atoms with E-state index in [9.17, 15) is 13.6 Å². The molecule has 0 heterocycles. The molecule has 106 valence electrons. The molecular formula is C14H18F2O3. The molecule has 0 aromatic heterocycles. The van der Waals surface area contributed by atoms with Crippen molar-refractivity contribution in [2.24, 2.45) is 5.41 Å². The van der Waals surface area contributed by atoms with Gasteiger partial charge in [0.25, 0.3) is 5.92 Å². The van der Waals surface area contributed by atoms with Crippen LogP contribution in [-0.4, -0.2) is 18.2 Å². The number of carboxylic acid groups (broad SMARTS) is 1. The van der Waals surface area contributed by atoms with Gasteiger partial charge in [-0.3, -0.25) is 4.79 Å². The minimum Gasteiger partial charge on any atom is -0.496 e. The van der Waals surface area contributed by atoms with E-state index in [2.05, 4.69) is 0 Å². The molecule has 0 radical (unpaired) electrons. The number of carbonyl (C=O) groups is 1. The molecule has 0 amide bonds. The Kier molecular flexibility index (Phi) is 4.18. The predicted octanol–water partition coefficient (Wildman–Crippen LogP) is 3.46. The zero-order chi connectivity index (χ0) is 14.8. The first-order valence-corrected chi connectivity index (χ1v) is 5.86. The smallest absolute Gasteiger partial charge is 0.309 e. The molecule has 0 atom stereocenters. The van der Waals surface area contributed by atoms with Crippen LogP contribution in [-0.2, 0) is 17.1 Å². The van der Waals surface area contributed by atoms with Gasteiger partial charge in [0.1, 0.15) is 5.75 Å². The number of hydrogen-bond acceptors (Lipinski definition) is 2. The molecule has 1 aromatic rings. The summed E-state index contributed by atoms with van der Waals surface area (Å²) in [5.41, 5.74) is -0.729. The van der Waals surface area contributed by atoms with Crippen LogP contribution in [0.3, 0.4) is 0 Å². The first-order chi connectivity index (χ1) is 8.58. The van der Waals surface area contributed by atoms with Crippen LogP contribution in [0.15, 0.2) is 18.2 Å². The van der Waals surface area contributed by atoms with Crippen LogP contribution in [0.5, 0.6) is 5.75 Å². The molecule has 1 rings (SSSR count). The lowest BCUT2D eigenvalue weighted by atomic mass is 9.85. The fourth-order valence-corrected chi connectivity index (χ4v) is 1.74. The third-order valence-electron chi connectivity index (χ3n) is 3.00. The van der Waals surface area contributed by atoms with Gasteiger partial charge in [0.15, 0.2) is 0 Å². The summed E-state index contributed by atoms with van der Waals surface area (Å²) in [5, 5.41) is 9.11. The van der Waals surface area contributed by atoms with Gasteiger partial charge in [-0.25, -0.2) is 8.78 Å². The van der Waals surface area contributed by atoms with Crippen molar-refractivity contribution in [3.8, 4) is 5.75 Å². The molecule has 0 spiro atoms. The van der Waals surface area contributed by atoms with Gasteiger partial charge in [-0.1, -0.05) is 0 Å². The van der Waals surface area contributed by atoms with Crippen molar-refractivity contribution in [3.05, 3.63) is 29.3 Å². The zero-order valence-corrected chi connectivity index (χ0v) is 11.5. The Morgan fingerprint density at radius 2 is 1.89 bits per heavy atom. The van der Waals surface area contributed by atoms with Crippen LogP contribution in [0.4, 0.5) is 8.78 Å². The van der Waals surface area contributed by atoms with Gasteiger partial charge in [0.05, 0.1) is 12.5 Å². The van der Waals surface area contributed by atoms with E-state index in [4.69, 9.17) is 9.84 Å². The Balaban J connectivity index is 3.21. The number of benzene rings is 1. The fraction of sp³-hybridized carbons (Fsp3) is 0.500. The quantitative estimate of drug-likeness (QED) is 0.892. The van der Waals surface area contributed by atoms with Gasteiger partial charge < -0.3 is 9.84 Å². The second-order valence-corrected chi connectivity index (χ2v) is 5.28. The van der Waals surface area contributed by atoms with E-state index in [0.717, 1.165) is 6.92 Å². The molecule has 1 N–H and O–H groups in total. The maximum atomic E-state index is 13.3. The molecular weight excluding hydrogens is 254 g/mol. The Hall–Kier alpha value is -1.65. The predicted molar refractivity (Wildman–Crippen MR) is 67.7 cm³/mol. The molecule has 19 heavy (non-hydrogen) atoms. The number of ether oxygens (including phenoxy) is 1. The highest BCUT2D eigenvalue weighted by atomic mass is 19.3. The van der Waals surface area contributed by atoms with E-state index in [-0.39, 0.29) is 12.0 Å². The Morgan fingerprint density at radius 1 is 1.32 bits per heavy atom. The molecule has 0 fully saturated rings. The van der Waals surface area contributed by atoms with Crippen LogP contribution in [0, 0.1) is 5.41 Å². The third kappa shape index (κ3) is 3.66. The van der Waals surface area contributed by atoms with Crippen LogP contribution < -0.4 is 4.74 Å². The number of carboxylic acids is 1. The summed E-state index contributed by atoms with van der Waals surface area (Å²) < 4.78 is 31.7. The molecule has 0 saturated heterocycles. The highest BCUT2D eigenvalue weighted by Gasteiger charge is 2.31. The highest BCUT2D eigenvalue weighted by molar-refractivity contribution is 5.74. The summed E-state index contributed by atoms with van der Waals surface area (Å²) in [6, 6.07) is 4.04. The summed E-state index contributed by atoms with van der Waals surface area (Å²) >= 11 is 0. The van der Waals surface area contributed by atoms with Crippen molar-refractivity contribution >= 4 is 5.97 Å². The molecule has 0 aliphatic rings. The number of methoxy groups -OCH3 is 1. The molecule has 0 saturated carbocycles. The largest absolute Gasteiger partial charge is 0.496 e. The molecule has 0 aliphatic heterocycles. The fourth-order valence-electron chi connectivity index (χ4n) is 1.74. The van der Waals surface area contributed by atoms with Crippen molar-refractivity contribution in [2.75, 3.05) is 7.11 Å². The maximum absolute atomic E-state index is 13.3. The van der Waals surface area contributed by atoms with Crippen LogP contribution >= 0.6 is 0 Å². The number of hydrogen-bond donors (Lipinski definition) is 1. The number of aliphatic carboxylic acids is 1. The van der Waals surface area contributed by atoms with Crippen LogP contribution in [0.2, 0.25) is 0 Å². The number of rotatable bonds is 5. The standard InChI is InChI=1S/C14H18F2O3/c1-13(2,12(17)18)8-9-7-10(14(3,15)16)5-6-11(9)19-4/h5-7H,8H2,1-4H3,(H,17,18). The van der Waals surface area contributed by atoms with Crippen molar-refractivity contribution in [1.82, 2.24) is 0 Å². The Labute approximate surface area is 111 Å². The van der Waals surface area contributed by atoms with Gasteiger partial charge in [-0.05, 0) is 44.0 Å². The first-order valence-electron chi connectivity index (χ1n) is 5.86. The van der Waals surface area contributed by atoms with Crippen molar-refractivity contribution in [3.63, 3.8) is 0 Å². The van der Waals surface area contributed by atoms with E-state index in [1.807, 2.05) is 0 Å².